The predicted molar refractivity (Wildman–Crippen MR) is 92.9 cm³/mol. The number of aromatic nitrogens is 3. The molecule has 1 amide bonds. The molecular formula is C19H20N4O2. The Morgan fingerprint density at radius 3 is 2.56 bits per heavy atom. The van der Waals surface area contributed by atoms with Crippen LogP contribution in [-0.4, -0.2) is 26.7 Å². The van der Waals surface area contributed by atoms with E-state index in [1.807, 2.05) is 41.1 Å². The molecule has 0 bridgehead atoms. The van der Waals surface area contributed by atoms with Crippen molar-refractivity contribution >= 4 is 5.91 Å². The van der Waals surface area contributed by atoms with Gasteiger partial charge in [0.25, 0.3) is 5.91 Å². The van der Waals surface area contributed by atoms with Crippen LogP contribution < -0.4 is 5.32 Å². The van der Waals surface area contributed by atoms with Crippen molar-refractivity contribution in [1.29, 1.82) is 0 Å². The molecule has 1 aliphatic carbocycles. The van der Waals surface area contributed by atoms with Gasteiger partial charge in [-0.25, -0.2) is 9.67 Å². The van der Waals surface area contributed by atoms with E-state index in [4.69, 9.17) is 4.42 Å². The fourth-order valence-corrected chi connectivity index (χ4v) is 3.39. The zero-order valence-corrected chi connectivity index (χ0v) is 13.8. The molecule has 128 valence electrons. The van der Waals surface area contributed by atoms with E-state index in [0.29, 0.717) is 11.6 Å². The molecule has 6 nitrogen and oxygen atoms in total. The molecule has 1 N–H and O–H groups in total. The maximum Gasteiger partial charge on any atom is 0.251 e. The number of rotatable bonds is 4. The molecule has 1 fully saturated rings. The Bertz CT molecular complexity index is 802. The first-order valence-electron chi connectivity index (χ1n) is 8.58. The quantitative estimate of drug-likeness (QED) is 0.792. The summed E-state index contributed by atoms with van der Waals surface area (Å²) in [5, 5.41) is 7.36. The number of hydrogen-bond acceptors (Lipinski definition) is 4. The fraction of sp³-hybridized carbons (Fsp3) is 0.316. The molecule has 1 saturated carbocycles. The minimum Gasteiger partial charge on any atom is -0.464 e. The van der Waals surface area contributed by atoms with Crippen LogP contribution in [0.1, 0.15) is 42.1 Å². The van der Waals surface area contributed by atoms with Crippen LogP contribution in [-0.2, 0) is 0 Å². The second kappa shape index (κ2) is 6.93. The summed E-state index contributed by atoms with van der Waals surface area (Å²) in [4.78, 5) is 16.5. The summed E-state index contributed by atoms with van der Waals surface area (Å²) in [5.41, 5.74) is 1.64. The van der Waals surface area contributed by atoms with Gasteiger partial charge in [0.15, 0.2) is 0 Å². The number of benzene rings is 1. The van der Waals surface area contributed by atoms with E-state index in [9.17, 15) is 4.79 Å². The van der Waals surface area contributed by atoms with Crippen LogP contribution in [0.3, 0.4) is 0 Å². The van der Waals surface area contributed by atoms with Crippen molar-refractivity contribution in [3.63, 3.8) is 0 Å². The second-order valence-corrected chi connectivity index (χ2v) is 6.41. The first kappa shape index (κ1) is 15.6. The standard InChI is InChI=1S/C19H20N4O2/c24-19(15-5-3-14(4-6-15)18-2-1-11-25-18)22-16-7-9-17(10-8-16)23-13-20-12-21-23/h1-6,11-13,16-17H,7-10H2,(H,22,24). The summed E-state index contributed by atoms with van der Waals surface area (Å²) in [6.07, 6.45) is 8.91. The summed E-state index contributed by atoms with van der Waals surface area (Å²) in [6.45, 7) is 0. The van der Waals surface area contributed by atoms with Gasteiger partial charge in [-0.1, -0.05) is 12.1 Å². The van der Waals surface area contributed by atoms with Gasteiger partial charge in [0.2, 0.25) is 0 Å². The Morgan fingerprint density at radius 2 is 1.92 bits per heavy atom. The van der Waals surface area contributed by atoms with E-state index in [1.54, 1.807) is 18.9 Å². The van der Waals surface area contributed by atoms with Crippen molar-refractivity contribution in [2.45, 2.75) is 37.8 Å². The number of hydrogen-bond donors (Lipinski definition) is 1. The number of nitrogens with zero attached hydrogens (tertiary/aromatic N) is 3. The van der Waals surface area contributed by atoms with Gasteiger partial charge in [0, 0.05) is 17.2 Å². The molecular weight excluding hydrogens is 316 g/mol. The first-order valence-corrected chi connectivity index (χ1v) is 8.58. The third-order valence-corrected chi connectivity index (χ3v) is 4.80. The largest absolute Gasteiger partial charge is 0.464 e. The summed E-state index contributed by atoms with van der Waals surface area (Å²) in [7, 11) is 0. The Morgan fingerprint density at radius 1 is 1.12 bits per heavy atom. The van der Waals surface area contributed by atoms with Crippen LogP contribution in [0.15, 0.2) is 59.7 Å². The van der Waals surface area contributed by atoms with Crippen molar-refractivity contribution < 1.29 is 9.21 Å². The Hall–Kier alpha value is -2.89. The average molecular weight is 336 g/mol. The average Bonchev–Trinajstić information content (AvgIpc) is 3.36. The lowest BCUT2D eigenvalue weighted by Gasteiger charge is -2.29. The second-order valence-electron chi connectivity index (χ2n) is 6.41. The van der Waals surface area contributed by atoms with Crippen molar-refractivity contribution in [3.05, 3.63) is 60.9 Å². The molecule has 0 radical (unpaired) electrons. The maximum absolute atomic E-state index is 12.5. The van der Waals surface area contributed by atoms with Crippen LogP contribution in [0.4, 0.5) is 0 Å². The van der Waals surface area contributed by atoms with E-state index in [0.717, 1.165) is 37.0 Å². The van der Waals surface area contributed by atoms with Crippen LogP contribution in [0.5, 0.6) is 0 Å². The summed E-state index contributed by atoms with van der Waals surface area (Å²) in [5.74, 6) is 0.786. The molecule has 3 aromatic rings. The first-order chi connectivity index (χ1) is 12.3. The molecule has 4 rings (SSSR count). The SMILES string of the molecule is O=C(NC1CCC(n2cncn2)CC1)c1ccc(-c2ccco2)cc1. The van der Waals surface area contributed by atoms with Gasteiger partial charge in [-0.2, -0.15) is 5.10 Å². The van der Waals surface area contributed by atoms with Gasteiger partial charge >= 0.3 is 0 Å². The highest BCUT2D eigenvalue weighted by Gasteiger charge is 2.24. The molecule has 0 aliphatic heterocycles. The summed E-state index contributed by atoms with van der Waals surface area (Å²) >= 11 is 0. The van der Waals surface area contributed by atoms with E-state index in [1.165, 1.54) is 0 Å². The van der Waals surface area contributed by atoms with Crippen LogP contribution in [0.2, 0.25) is 0 Å². The van der Waals surface area contributed by atoms with E-state index < -0.39 is 0 Å². The van der Waals surface area contributed by atoms with Crippen molar-refractivity contribution in [2.24, 2.45) is 0 Å². The number of carbonyl (C=O) groups excluding carboxylic acids is 1. The lowest BCUT2D eigenvalue weighted by Crippen LogP contribution is -2.38. The molecule has 0 spiro atoms. The maximum atomic E-state index is 12.5. The van der Waals surface area contributed by atoms with E-state index in [2.05, 4.69) is 15.4 Å². The van der Waals surface area contributed by atoms with Crippen molar-refractivity contribution in [3.8, 4) is 11.3 Å². The molecule has 0 unspecified atom stereocenters. The van der Waals surface area contributed by atoms with Gasteiger partial charge in [0.05, 0.1) is 12.3 Å². The van der Waals surface area contributed by atoms with Crippen LogP contribution in [0.25, 0.3) is 11.3 Å². The zero-order valence-electron chi connectivity index (χ0n) is 13.8. The smallest absolute Gasteiger partial charge is 0.251 e. The highest BCUT2D eigenvalue weighted by Crippen LogP contribution is 2.28. The third-order valence-electron chi connectivity index (χ3n) is 4.80. The highest BCUT2D eigenvalue weighted by atomic mass is 16.3. The Balaban J connectivity index is 1.33. The number of furan rings is 1. The molecule has 25 heavy (non-hydrogen) atoms. The van der Waals surface area contributed by atoms with Gasteiger partial charge in [-0.3, -0.25) is 4.79 Å². The van der Waals surface area contributed by atoms with Gasteiger partial charge < -0.3 is 9.73 Å². The van der Waals surface area contributed by atoms with E-state index >= 15 is 0 Å². The van der Waals surface area contributed by atoms with Gasteiger partial charge in [-0.05, 0) is 49.9 Å². The fourth-order valence-electron chi connectivity index (χ4n) is 3.39. The minimum atomic E-state index is -0.0183. The van der Waals surface area contributed by atoms with E-state index in [-0.39, 0.29) is 11.9 Å². The van der Waals surface area contributed by atoms with Crippen molar-refractivity contribution in [1.82, 2.24) is 20.1 Å². The molecule has 6 heteroatoms. The van der Waals surface area contributed by atoms with Crippen molar-refractivity contribution in [2.75, 3.05) is 0 Å². The zero-order chi connectivity index (χ0) is 17.1. The monoisotopic (exact) mass is 336 g/mol. The lowest BCUT2D eigenvalue weighted by molar-refractivity contribution is 0.0921. The number of nitrogens with one attached hydrogen (secondary N) is 1. The highest BCUT2D eigenvalue weighted by molar-refractivity contribution is 5.94. The summed E-state index contributed by atoms with van der Waals surface area (Å²) in [6, 6.07) is 11.9. The van der Waals surface area contributed by atoms with Crippen LogP contribution >= 0.6 is 0 Å². The number of carbonyl (C=O) groups is 1. The van der Waals surface area contributed by atoms with Gasteiger partial charge in [0.1, 0.15) is 18.4 Å². The third kappa shape index (κ3) is 3.47. The topological polar surface area (TPSA) is 73.0 Å². The molecule has 1 aromatic carbocycles. The number of amides is 1. The Labute approximate surface area is 145 Å². The molecule has 0 saturated heterocycles. The molecule has 0 atom stereocenters. The minimum absolute atomic E-state index is 0.0183. The summed E-state index contributed by atoms with van der Waals surface area (Å²) < 4.78 is 7.29. The van der Waals surface area contributed by atoms with Crippen LogP contribution in [0, 0.1) is 0 Å². The lowest BCUT2D eigenvalue weighted by atomic mass is 9.91. The molecule has 1 aliphatic rings. The normalized spacial score (nSPS) is 20.3. The predicted octanol–water partition coefficient (Wildman–Crippen LogP) is 3.45. The Kier molecular flexibility index (Phi) is 4.33. The van der Waals surface area contributed by atoms with Gasteiger partial charge in [-0.15, -0.1) is 0 Å². The molecule has 2 aromatic heterocycles. The molecule has 2 heterocycles.